The number of pyridine rings is 2. The Bertz CT molecular complexity index is 4210. The van der Waals surface area contributed by atoms with Crippen LogP contribution in [0.15, 0.2) is 146 Å². The van der Waals surface area contributed by atoms with Crippen LogP contribution in [0.4, 0.5) is 22.7 Å². The van der Waals surface area contributed by atoms with Gasteiger partial charge in [0.15, 0.2) is 0 Å². The van der Waals surface area contributed by atoms with Crippen LogP contribution in [0.1, 0.15) is 111 Å². The van der Waals surface area contributed by atoms with E-state index in [-0.39, 0.29) is 56.6 Å². The van der Waals surface area contributed by atoms with Crippen LogP contribution >= 0.6 is 0 Å². The number of aromatic carboxylic acids is 1. The number of nitrogens with one attached hydrogen (secondary N) is 7. The molecule has 0 spiro atoms. The van der Waals surface area contributed by atoms with E-state index in [1.807, 2.05) is 62.4 Å². The quantitative estimate of drug-likeness (QED) is 0.0226. The van der Waals surface area contributed by atoms with Gasteiger partial charge in [-0.15, -0.1) is 24.7 Å². The van der Waals surface area contributed by atoms with Crippen molar-refractivity contribution in [1.82, 2.24) is 57.0 Å². The van der Waals surface area contributed by atoms with Gasteiger partial charge in [-0.1, -0.05) is 45.0 Å². The number of hydrogen-bond donors (Lipinski definition) is 12. The van der Waals surface area contributed by atoms with E-state index < -0.39 is 66.1 Å². The Morgan fingerprint density at radius 1 is 0.461 bits per heavy atom. The molecule has 0 bridgehead atoms. The Morgan fingerprint density at radius 2 is 0.852 bits per heavy atom. The molecule has 4 fully saturated rings. The third kappa shape index (κ3) is 36.0. The van der Waals surface area contributed by atoms with Gasteiger partial charge in [0.05, 0.1) is 38.4 Å². The Hall–Kier alpha value is -12.2. The van der Waals surface area contributed by atoms with E-state index in [0.29, 0.717) is 46.6 Å². The molecule has 5 amide bonds. The fourth-order valence-corrected chi connectivity index (χ4v) is 11.7. The number of aliphatic carboxylic acids is 4. The summed E-state index contributed by atoms with van der Waals surface area (Å²) in [7, 11) is 1.82. The minimum absolute atomic E-state index is 0.0381. The molecule has 4 atom stereocenters. The van der Waals surface area contributed by atoms with Crippen molar-refractivity contribution in [3.8, 4) is 24.7 Å². The van der Waals surface area contributed by atoms with Crippen LogP contribution in [0, 0.1) is 36.5 Å². The molecule has 115 heavy (non-hydrogen) atoms. The molecule has 34 heteroatoms. The first-order valence-electron chi connectivity index (χ1n) is 37.7. The monoisotopic (exact) mass is 1580 g/mol. The van der Waals surface area contributed by atoms with E-state index in [1.54, 1.807) is 91.4 Å². The van der Waals surface area contributed by atoms with Gasteiger partial charge < -0.3 is 62.1 Å². The smallest absolute Gasteiger partial charge is 0.305 e. The second-order valence-electron chi connectivity index (χ2n) is 26.9. The van der Waals surface area contributed by atoms with Crippen LogP contribution in [0.3, 0.4) is 0 Å². The standard InChI is InChI=1S/C21H25N5O4.C19H24N4O4.C14H18BN3O4.C12H15BN2O3.C9H11NO2.C6H10/c27-19(25-18(12-20(28)29)16-4-2-6-23-13-16)14-24-21(30)15-3-1-5-17(11-15)26-9-7-22-8-10-26;1-2-14(10-18(25)26)12-21-17(24)13-22-19(27)15-4-3-5-16(11-15)23-8-6-20-7-9-23;19-13(20)9-16-14(21)11-2-1-3-12(8-11)18-6-4-17(5-7-18)10-15-22;16-12(17)10-2-1-3-11(8-10)15-6-4-14(5-7-15)9-13-18;1-7(5-9(11)12)8-3-2-4-10-6-8;1-4-6(3)5-2/h1-6,11,13,18,22H,7-10,12,14H2,(H,24,30)(H,25,27)(H,28,29);1,3-5,11,14,20H,6-10,12-13H2,(H,21,24)(H,22,27)(H,25,26);1-3,8H,4-7,9-10H2,(H,16,21)(H,19,20);1-3,8H,4-7,9H2,(H,16,17);2-4,6-7H,5H2,1H3,(H,11,12);1,6H,5H2,2-3H3/t18-;14-;;;7-;6-/m01..01/s1. The Kier molecular flexibility index (Phi) is 42.3. The molecule has 2 aromatic heterocycles. The zero-order chi connectivity index (χ0) is 83.9. The zero-order valence-electron chi connectivity index (χ0n) is 65.1. The maximum Gasteiger partial charge on any atom is 0.305 e. The van der Waals surface area contributed by atoms with Gasteiger partial charge in [0.1, 0.15) is 0 Å². The molecule has 6 heterocycles. The molecule has 0 unspecified atom stereocenters. The summed E-state index contributed by atoms with van der Waals surface area (Å²) in [6, 6.07) is 35.0. The summed E-state index contributed by atoms with van der Waals surface area (Å²) in [6.07, 6.45) is 18.4. The number of terminal acetylenes is 2. The second-order valence-corrected chi connectivity index (χ2v) is 26.9. The maximum absolute atomic E-state index is 12.5. The van der Waals surface area contributed by atoms with E-state index in [2.05, 4.69) is 95.3 Å². The molecule has 12 N–H and O–H groups in total. The Labute approximate surface area is 671 Å². The summed E-state index contributed by atoms with van der Waals surface area (Å²) >= 11 is 0. The molecule has 6 aromatic rings. The van der Waals surface area contributed by atoms with Gasteiger partial charge in [-0.25, -0.2) is 0 Å². The predicted molar refractivity (Wildman–Crippen MR) is 436 cm³/mol. The van der Waals surface area contributed by atoms with Crippen LogP contribution < -0.4 is 56.8 Å². The molecule has 0 saturated carbocycles. The van der Waals surface area contributed by atoms with Gasteiger partial charge in [-0.05, 0) is 72.0 Å². The van der Waals surface area contributed by atoms with Gasteiger partial charge in [-0.2, -0.15) is 0 Å². The second kappa shape index (κ2) is 52.2. The van der Waals surface area contributed by atoms with Crippen LogP contribution in [0.5, 0.6) is 0 Å². The summed E-state index contributed by atoms with van der Waals surface area (Å²) in [5.74, 6) is -1.97. The first-order valence-corrected chi connectivity index (χ1v) is 37.7. The van der Waals surface area contributed by atoms with E-state index >= 15 is 0 Å². The minimum Gasteiger partial charge on any atom is -0.481 e. The van der Waals surface area contributed by atoms with Crippen molar-refractivity contribution in [1.29, 1.82) is 0 Å². The van der Waals surface area contributed by atoms with E-state index in [4.69, 9.17) is 38.4 Å². The van der Waals surface area contributed by atoms with Gasteiger partial charge in [-0.3, -0.25) is 48.3 Å². The normalized spacial score (nSPS) is 14.7. The minimum atomic E-state index is -1.07. The fourth-order valence-electron chi connectivity index (χ4n) is 11.7. The fraction of sp³-hybridized carbons (Fsp3) is 0.407. The van der Waals surface area contributed by atoms with Crippen LogP contribution in [-0.2, 0) is 38.2 Å². The molecule has 10 rings (SSSR count). The van der Waals surface area contributed by atoms with Crippen LogP contribution in [0.25, 0.3) is 0 Å². The molecule has 0 radical (unpaired) electrons. The van der Waals surface area contributed by atoms with Crippen LogP contribution in [-0.4, -0.2) is 263 Å². The molecular formula is C81H103B2N15O17. The first-order chi connectivity index (χ1) is 55.3. The third-order valence-electron chi connectivity index (χ3n) is 18.4. The molecule has 610 valence electrons. The molecule has 4 aliphatic rings. The van der Waals surface area contributed by atoms with Gasteiger partial charge in [0.25, 0.3) is 11.8 Å². The average Bonchev–Trinajstić information content (AvgIpc) is 0.863. The number of carboxylic acid groups (broad SMARTS) is 5. The number of carbonyl (C=O) groups is 10. The summed E-state index contributed by atoms with van der Waals surface area (Å²) in [5, 5.41) is 63.1. The topological polar surface area (TPSA) is 435 Å². The summed E-state index contributed by atoms with van der Waals surface area (Å²) in [4.78, 5) is 135. The Morgan fingerprint density at radius 3 is 1.21 bits per heavy atom. The maximum atomic E-state index is 12.5. The van der Waals surface area contributed by atoms with Crippen molar-refractivity contribution in [3.63, 3.8) is 0 Å². The largest absolute Gasteiger partial charge is 0.481 e. The molecule has 4 saturated heterocycles. The van der Waals surface area contributed by atoms with Crippen molar-refractivity contribution in [2.75, 3.05) is 163 Å². The first kappa shape index (κ1) is 93.4. The summed E-state index contributed by atoms with van der Waals surface area (Å²) < 4.78 is 20.9. The number of hydrogen-bond acceptors (Lipinski definition) is 22. The molecule has 0 aliphatic carbocycles. The molecule has 4 aliphatic heterocycles. The van der Waals surface area contributed by atoms with Gasteiger partial charge >= 0.3 is 242 Å². The van der Waals surface area contributed by atoms with Crippen molar-refractivity contribution in [2.45, 2.75) is 58.4 Å². The number of carboxylic acids is 5. The molecular weight excluding hydrogens is 1480 g/mol. The number of piperazine rings is 4. The number of carbonyl (C=O) groups excluding carboxylic acids is 5. The van der Waals surface area contributed by atoms with E-state index in [9.17, 15) is 57.4 Å². The van der Waals surface area contributed by atoms with E-state index in [1.165, 1.54) is 6.20 Å². The van der Waals surface area contributed by atoms with Gasteiger partial charge in [0, 0.05) is 118 Å². The van der Waals surface area contributed by atoms with Gasteiger partial charge in [0.2, 0.25) is 11.8 Å². The number of aromatic nitrogens is 2. The third-order valence-corrected chi connectivity index (χ3v) is 18.4. The number of benzene rings is 4. The molecule has 4 aromatic carbocycles. The number of anilines is 4. The van der Waals surface area contributed by atoms with Crippen molar-refractivity contribution in [3.05, 3.63) is 179 Å². The van der Waals surface area contributed by atoms with Crippen molar-refractivity contribution < 1.29 is 82.9 Å². The summed E-state index contributed by atoms with van der Waals surface area (Å²) in [5.41, 5.74) is 7.04. The molecule has 32 nitrogen and oxygen atoms in total. The zero-order valence-corrected chi connectivity index (χ0v) is 65.1. The summed E-state index contributed by atoms with van der Waals surface area (Å²) in [6.45, 7) is 18.7. The Balaban J connectivity index is 0.000000258. The number of rotatable bonds is 30. The van der Waals surface area contributed by atoms with Crippen LogP contribution in [0.2, 0.25) is 0 Å². The number of amides is 5. The average molecular weight is 1580 g/mol. The van der Waals surface area contributed by atoms with Crippen molar-refractivity contribution in [2.24, 2.45) is 11.8 Å². The predicted octanol–water partition coefficient (Wildman–Crippen LogP) is 3.69. The van der Waals surface area contributed by atoms with Crippen molar-refractivity contribution >= 4 is 96.4 Å². The SMILES string of the molecule is C#C[C@@H](C)CC.C#C[C@@H](CNC(=O)CNC(=O)c1cccc(N2CCNCC2)c1)CC(=O)O.C[C@@H](CC(=O)O)c1cccnc1.O=BCN1CCN(c2cccc(C(=O)NCC(=O)O)c2)CC1.O=BCN1CCN(c2cccc(C(=O)O)c2)CC1.O=C(O)C[C@H](NC(=O)CNC(=O)c1cccc(N2CCNCC2)c1)c1cccnc1. The number of nitrogens with zero attached hydrogens (tertiary/aromatic N) is 8. The van der Waals surface area contributed by atoms with E-state index in [0.717, 1.165) is 154 Å².